The van der Waals surface area contributed by atoms with E-state index in [2.05, 4.69) is 20.0 Å². The summed E-state index contributed by atoms with van der Waals surface area (Å²) >= 11 is 2.47. The molecule has 0 atom stereocenters. The van der Waals surface area contributed by atoms with Crippen LogP contribution in [0.25, 0.3) is 10.2 Å². The highest BCUT2D eigenvalue weighted by molar-refractivity contribution is 7.93. The van der Waals surface area contributed by atoms with Gasteiger partial charge in [-0.05, 0) is 55.8 Å². The fourth-order valence-electron chi connectivity index (χ4n) is 2.89. The second-order valence-electron chi connectivity index (χ2n) is 6.83. The molecule has 0 aliphatic rings. The number of nitrogens with one attached hydrogen (secondary N) is 2. The Morgan fingerprint density at radius 1 is 1.12 bits per heavy atom. The summed E-state index contributed by atoms with van der Waals surface area (Å²) in [7, 11) is -3.87. The molecule has 2 aromatic heterocycles. The van der Waals surface area contributed by atoms with Crippen LogP contribution in [0.3, 0.4) is 0 Å². The van der Waals surface area contributed by atoms with E-state index in [9.17, 15) is 17.6 Å². The number of halogens is 1. The van der Waals surface area contributed by atoms with Crippen molar-refractivity contribution >= 4 is 59.1 Å². The molecule has 33 heavy (non-hydrogen) atoms. The number of fused-ring (bicyclic) bond motifs is 1. The molecular weight excluding hydrogens is 487 g/mol. The third-order valence-electron chi connectivity index (χ3n) is 4.42. The predicted molar refractivity (Wildman–Crippen MR) is 127 cm³/mol. The van der Waals surface area contributed by atoms with Crippen LogP contribution in [-0.2, 0) is 21.2 Å². The van der Waals surface area contributed by atoms with Gasteiger partial charge in [-0.25, -0.2) is 22.8 Å². The number of nitrogens with zero attached hydrogens (tertiary/aromatic N) is 2. The van der Waals surface area contributed by atoms with E-state index in [4.69, 9.17) is 4.74 Å². The summed E-state index contributed by atoms with van der Waals surface area (Å²) in [4.78, 5) is 20.9. The monoisotopic (exact) mass is 506 g/mol. The molecule has 0 spiro atoms. The highest BCUT2D eigenvalue weighted by atomic mass is 32.2. The van der Waals surface area contributed by atoms with Crippen LogP contribution in [0.5, 0.6) is 5.75 Å². The van der Waals surface area contributed by atoms with Gasteiger partial charge in [-0.2, -0.15) is 0 Å². The highest BCUT2D eigenvalue weighted by Gasteiger charge is 2.17. The number of hydrogen-bond acceptors (Lipinski definition) is 8. The molecule has 4 aromatic rings. The summed E-state index contributed by atoms with van der Waals surface area (Å²) in [6.45, 7) is 2.48. The van der Waals surface area contributed by atoms with E-state index in [1.54, 1.807) is 5.38 Å². The van der Waals surface area contributed by atoms with Gasteiger partial charge in [0.15, 0.2) is 10.3 Å². The Balaban J connectivity index is 1.33. The van der Waals surface area contributed by atoms with Gasteiger partial charge < -0.3 is 10.1 Å². The third-order valence-corrected chi connectivity index (χ3v) is 7.65. The van der Waals surface area contributed by atoms with E-state index >= 15 is 0 Å². The minimum Gasteiger partial charge on any atom is -0.494 e. The number of carbonyl (C=O) groups is 1. The number of rotatable bonds is 9. The van der Waals surface area contributed by atoms with Gasteiger partial charge in [0.05, 0.1) is 27.4 Å². The van der Waals surface area contributed by atoms with Gasteiger partial charge in [-0.1, -0.05) is 11.3 Å². The van der Waals surface area contributed by atoms with Crippen molar-refractivity contribution in [2.45, 2.75) is 24.7 Å². The van der Waals surface area contributed by atoms with Crippen molar-refractivity contribution < 1.29 is 22.3 Å². The first kappa shape index (κ1) is 23.1. The molecule has 0 bridgehead atoms. The van der Waals surface area contributed by atoms with Crippen LogP contribution in [0, 0.1) is 5.82 Å². The zero-order chi connectivity index (χ0) is 23.4. The third kappa shape index (κ3) is 5.83. The summed E-state index contributed by atoms with van der Waals surface area (Å²) in [5, 5.41) is 5.14. The largest absolute Gasteiger partial charge is 0.494 e. The number of aromatic nitrogens is 2. The molecule has 0 aliphatic heterocycles. The summed E-state index contributed by atoms with van der Waals surface area (Å²) in [6, 6.07) is 10.1. The smallest absolute Gasteiger partial charge is 0.263 e. The average Bonchev–Trinajstić information content (AvgIpc) is 3.38. The Hall–Kier alpha value is -3.09. The fraction of sp³-hybridized carbons (Fsp3) is 0.190. The Morgan fingerprint density at radius 2 is 1.91 bits per heavy atom. The second kappa shape index (κ2) is 9.81. The molecule has 2 N–H and O–H groups in total. The van der Waals surface area contributed by atoms with Crippen LogP contribution in [0.15, 0.2) is 52.7 Å². The van der Waals surface area contributed by atoms with Crippen LogP contribution in [0.4, 0.5) is 14.7 Å². The molecule has 0 unspecified atom stereocenters. The second-order valence-corrected chi connectivity index (χ2v) is 10.4. The number of sulfonamides is 1. The number of carbonyl (C=O) groups excluding carboxylic acids is 1. The van der Waals surface area contributed by atoms with Gasteiger partial charge in [-0.3, -0.25) is 9.52 Å². The van der Waals surface area contributed by atoms with Gasteiger partial charge in [-0.15, -0.1) is 11.3 Å². The molecular formula is C21H19FN4O4S3. The predicted octanol–water partition coefficient (Wildman–Crippen LogP) is 4.66. The molecule has 2 heterocycles. The molecule has 2 aromatic carbocycles. The standard InChI is InChI=1S/C21H19FN4O4S3/c1-2-30-15-6-9-17-18(11-15)32-20(24-17)25-19(27)10-5-14-12-31-21(23-14)26-33(28,29)16-7-3-13(22)4-8-16/h3-4,6-9,11-12H,2,5,10H2,1H3,(H,23,26)(H,24,25,27). The first-order valence-corrected chi connectivity index (χ1v) is 13.1. The molecule has 4 rings (SSSR count). The van der Waals surface area contributed by atoms with Crippen molar-refractivity contribution in [2.24, 2.45) is 0 Å². The number of hydrogen-bond donors (Lipinski definition) is 2. The summed E-state index contributed by atoms with van der Waals surface area (Å²) in [6.07, 6.45) is 0.494. The maximum Gasteiger partial charge on any atom is 0.263 e. The Bertz CT molecular complexity index is 1380. The van der Waals surface area contributed by atoms with Gasteiger partial charge in [0.2, 0.25) is 5.91 Å². The summed E-state index contributed by atoms with van der Waals surface area (Å²) in [5.74, 6) is 0.00585. The van der Waals surface area contributed by atoms with E-state index in [-0.39, 0.29) is 22.4 Å². The topological polar surface area (TPSA) is 110 Å². The van der Waals surface area contributed by atoms with Crippen LogP contribution in [0.2, 0.25) is 0 Å². The zero-order valence-electron chi connectivity index (χ0n) is 17.4. The lowest BCUT2D eigenvalue weighted by Crippen LogP contribution is -2.13. The van der Waals surface area contributed by atoms with Crippen molar-refractivity contribution in [3.05, 3.63) is 59.4 Å². The minimum atomic E-state index is -3.87. The molecule has 1 amide bonds. The van der Waals surface area contributed by atoms with Crippen LogP contribution in [0.1, 0.15) is 19.0 Å². The number of anilines is 2. The molecule has 0 radical (unpaired) electrons. The fourth-order valence-corrected chi connectivity index (χ4v) is 5.80. The molecule has 0 aliphatic carbocycles. The lowest BCUT2D eigenvalue weighted by molar-refractivity contribution is -0.116. The zero-order valence-corrected chi connectivity index (χ0v) is 19.8. The van der Waals surface area contributed by atoms with Crippen molar-refractivity contribution in [1.29, 1.82) is 0 Å². The number of ether oxygens (including phenoxy) is 1. The number of thiazole rings is 2. The van der Waals surface area contributed by atoms with E-state index in [0.29, 0.717) is 23.9 Å². The van der Waals surface area contributed by atoms with E-state index in [0.717, 1.165) is 39.4 Å². The van der Waals surface area contributed by atoms with Gasteiger partial charge in [0.25, 0.3) is 10.0 Å². The van der Waals surface area contributed by atoms with Crippen molar-refractivity contribution in [2.75, 3.05) is 16.6 Å². The molecule has 0 saturated carbocycles. The van der Waals surface area contributed by atoms with Gasteiger partial charge in [0.1, 0.15) is 11.6 Å². The Labute approximate surface area is 197 Å². The van der Waals surface area contributed by atoms with E-state index in [1.165, 1.54) is 23.5 Å². The maximum atomic E-state index is 13.0. The molecule has 8 nitrogen and oxygen atoms in total. The van der Waals surface area contributed by atoms with E-state index in [1.807, 2.05) is 25.1 Å². The van der Waals surface area contributed by atoms with Gasteiger partial charge in [0, 0.05) is 11.8 Å². The SMILES string of the molecule is CCOc1ccc2nc(NC(=O)CCc3csc(NS(=O)(=O)c4ccc(F)cc4)n3)sc2c1. The first-order chi connectivity index (χ1) is 15.8. The number of benzene rings is 2. The van der Waals surface area contributed by atoms with Gasteiger partial charge >= 0.3 is 0 Å². The van der Waals surface area contributed by atoms with Crippen LogP contribution >= 0.6 is 22.7 Å². The first-order valence-electron chi connectivity index (χ1n) is 9.88. The number of amides is 1. The molecule has 172 valence electrons. The Kier molecular flexibility index (Phi) is 6.86. The summed E-state index contributed by atoms with van der Waals surface area (Å²) in [5.41, 5.74) is 1.36. The van der Waals surface area contributed by atoms with E-state index < -0.39 is 15.8 Å². The lowest BCUT2D eigenvalue weighted by Gasteiger charge is -2.04. The highest BCUT2D eigenvalue weighted by Crippen LogP contribution is 2.29. The average molecular weight is 507 g/mol. The van der Waals surface area contributed by atoms with Crippen molar-refractivity contribution in [3.8, 4) is 5.75 Å². The quantitative estimate of drug-likeness (QED) is 0.342. The summed E-state index contributed by atoms with van der Waals surface area (Å²) < 4.78 is 46.5. The Morgan fingerprint density at radius 3 is 2.67 bits per heavy atom. The van der Waals surface area contributed by atoms with Crippen LogP contribution < -0.4 is 14.8 Å². The molecule has 12 heteroatoms. The number of aryl methyl sites for hydroxylation is 1. The maximum absolute atomic E-state index is 13.0. The normalized spacial score (nSPS) is 11.5. The lowest BCUT2D eigenvalue weighted by atomic mass is 10.2. The minimum absolute atomic E-state index is 0.0655. The van der Waals surface area contributed by atoms with Crippen molar-refractivity contribution in [1.82, 2.24) is 9.97 Å². The van der Waals surface area contributed by atoms with Crippen molar-refractivity contribution in [3.63, 3.8) is 0 Å². The van der Waals surface area contributed by atoms with Crippen LogP contribution in [-0.4, -0.2) is 30.9 Å². The molecule has 0 fully saturated rings. The molecule has 0 saturated heterocycles.